The molecule has 0 fully saturated rings. The standard InChI is InChI=1S/C22H30N2O2S/c1-14(2)18-11-8-12-19(15(3)4)20(18)23-21(25)24-27-17-10-7-9-16(13-17)22(5,6)26/h7-15,26H,1-6H3,(H2,23,24,25). The van der Waals surface area contributed by atoms with Gasteiger partial charge >= 0.3 is 6.03 Å². The number of aliphatic hydroxyl groups is 1. The van der Waals surface area contributed by atoms with Crippen molar-refractivity contribution in [3.8, 4) is 0 Å². The number of hydrogen-bond donors (Lipinski definition) is 3. The predicted octanol–water partition coefficient (Wildman–Crippen LogP) is 5.99. The van der Waals surface area contributed by atoms with Crippen molar-refractivity contribution in [2.24, 2.45) is 0 Å². The monoisotopic (exact) mass is 386 g/mol. The van der Waals surface area contributed by atoms with Crippen LogP contribution in [0, 0.1) is 0 Å². The van der Waals surface area contributed by atoms with Crippen LogP contribution >= 0.6 is 11.9 Å². The summed E-state index contributed by atoms with van der Waals surface area (Å²) in [4.78, 5) is 13.4. The Morgan fingerprint density at radius 1 is 1.00 bits per heavy atom. The van der Waals surface area contributed by atoms with Crippen LogP contribution in [-0.4, -0.2) is 11.1 Å². The second kappa shape index (κ2) is 8.81. The molecular formula is C22H30N2O2S. The highest BCUT2D eigenvalue weighted by atomic mass is 32.2. The van der Waals surface area contributed by atoms with Crippen molar-refractivity contribution in [3.05, 3.63) is 59.2 Å². The number of amides is 2. The summed E-state index contributed by atoms with van der Waals surface area (Å²) < 4.78 is 2.84. The number of carbonyl (C=O) groups excluding carboxylic acids is 1. The zero-order valence-corrected chi connectivity index (χ0v) is 17.8. The third-order valence-corrected chi connectivity index (χ3v) is 5.19. The van der Waals surface area contributed by atoms with Gasteiger partial charge in [0.15, 0.2) is 0 Å². The molecule has 2 aromatic rings. The maximum Gasteiger partial charge on any atom is 0.329 e. The molecule has 0 spiro atoms. The first kappa shape index (κ1) is 21.3. The number of para-hydroxylation sites is 1. The maximum atomic E-state index is 12.5. The van der Waals surface area contributed by atoms with E-state index >= 15 is 0 Å². The van der Waals surface area contributed by atoms with Crippen molar-refractivity contribution in [3.63, 3.8) is 0 Å². The lowest BCUT2D eigenvalue weighted by Crippen LogP contribution is -2.24. The Morgan fingerprint density at radius 3 is 2.07 bits per heavy atom. The average Bonchev–Trinajstić information content (AvgIpc) is 2.59. The van der Waals surface area contributed by atoms with Gasteiger partial charge in [-0.25, -0.2) is 4.79 Å². The zero-order valence-electron chi connectivity index (χ0n) is 17.0. The Morgan fingerprint density at radius 2 is 1.56 bits per heavy atom. The average molecular weight is 387 g/mol. The smallest absolute Gasteiger partial charge is 0.329 e. The number of carbonyl (C=O) groups is 1. The molecule has 0 heterocycles. The molecule has 27 heavy (non-hydrogen) atoms. The first-order valence-corrected chi connectivity index (χ1v) is 10.1. The van der Waals surface area contributed by atoms with Gasteiger partial charge in [0.1, 0.15) is 0 Å². The minimum atomic E-state index is -0.915. The molecule has 0 bridgehead atoms. The molecule has 2 rings (SSSR count). The highest BCUT2D eigenvalue weighted by Gasteiger charge is 2.17. The van der Waals surface area contributed by atoms with Gasteiger partial charge in [-0.05, 0) is 66.5 Å². The van der Waals surface area contributed by atoms with Crippen molar-refractivity contribution in [2.45, 2.75) is 63.9 Å². The molecule has 0 aromatic heterocycles. The van der Waals surface area contributed by atoms with Gasteiger partial charge in [0.25, 0.3) is 0 Å². The highest BCUT2D eigenvalue weighted by molar-refractivity contribution is 7.98. The van der Waals surface area contributed by atoms with E-state index < -0.39 is 5.60 Å². The molecule has 3 N–H and O–H groups in total. The zero-order chi connectivity index (χ0) is 20.2. The van der Waals surface area contributed by atoms with Crippen molar-refractivity contribution in [2.75, 3.05) is 5.32 Å². The lowest BCUT2D eigenvalue weighted by Gasteiger charge is -2.20. The van der Waals surface area contributed by atoms with Gasteiger partial charge in [0.05, 0.1) is 5.60 Å². The first-order chi connectivity index (χ1) is 12.6. The summed E-state index contributed by atoms with van der Waals surface area (Å²) in [6.45, 7) is 12.0. The van der Waals surface area contributed by atoms with Crippen LogP contribution in [-0.2, 0) is 5.60 Å². The molecule has 5 heteroatoms. The van der Waals surface area contributed by atoms with E-state index in [4.69, 9.17) is 0 Å². The Bertz CT molecular complexity index is 769. The molecule has 0 aliphatic carbocycles. The van der Waals surface area contributed by atoms with E-state index in [9.17, 15) is 9.90 Å². The van der Waals surface area contributed by atoms with Gasteiger partial charge in [-0.3, -0.25) is 4.72 Å². The van der Waals surface area contributed by atoms with Gasteiger partial charge in [0.2, 0.25) is 0 Å². The lowest BCUT2D eigenvalue weighted by molar-refractivity contribution is 0.0784. The van der Waals surface area contributed by atoms with Crippen LogP contribution in [0.3, 0.4) is 0 Å². The maximum absolute atomic E-state index is 12.5. The third-order valence-electron chi connectivity index (χ3n) is 4.41. The number of anilines is 1. The van der Waals surface area contributed by atoms with Gasteiger partial charge in [-0.1, -0.05) is 58.0 Å². The fourth-order valence-electron chi connectivity index (χ4n) is 2.88. The molecule has 0 radical (unpaired) electrons. The van der Waals surface area contributed by atoms with E-state index in [-0.39, 0.29) is 6.03 Å². The molecule has 0 atom stereocenters. The highest BCUT2D eigenvalue weighted by Crippen LogP contribution is 2.32. The number of rotatable bonds is 6. The SMILES string of the molecule is CC(C)c1cccc(C(C)C)c1NC(=O)NSc1cccc(C(C)(C)O)c1. The second-order valence-electron chi connectivity index (χ2n) is 7.87. The summed E-state index contributed by atoms with van der Waals surface area (Å²) in [6, 6.07) is 13.4. The largest absolute Gasteiger partial charge is 0.386 e. The molecule has 4 nitrogen and oxygen atoms in total. The number of benzene rings is 2. The quantitative estimate of drug-likeness (QED) is 0.534. The second-order valence-corrected chi connectivity index (χ2v) is 8.75. The fraction of sp³-hybridized carbons (Fsp3) is 0.409. The van der Waals surface area contributed by atoms with Crippen LogP contribution in [0.1, 0.15) is 70.1 Å². The Labute approximate surface area is 166 Å². The van der Waals surface area contributed by atoms with E-state index in [0.717, 1.165) is 27.3 Å². The molecule has 146 valence electrons. The lowest BCUT2D eigenvalue weighted by atomic mass is 9.93. The van der Waals surface area contributed by atoms with Crippen LogP contribution in [0.15, 0.2) is 47.4 Å². The van der Waals surface area contributed by atoms with Gasteiger partial charge in [-0.15, -0.1) is 0 Å². The number of hydrogen-bond acceptors (Lipinski definition) is 3. The van der Waals surface area contributed by atoms with Crippen molar-refractivity contribution in [1.82, 2.24) is 4.72 Å². The van der Waals surface area contributed by atoms with Crippen LogP contribution < -0.4 is 10.0 Å². The molecule has 0 saturated heterocycles. The summed E-state index contributed by atoms with van der Waals surface area (Å²) in [5.74, 6) is 0.630. The Kier molecular flexibility index (Phi) is 6.95. The predicted molar refractivity (Wildman–Crippen MR) is 114 cm³/mol. The van der Waals surface area contributed by atoms with Gasteiger partial charge < -0.3 is 10.4 Å². The van der Waals surface area contributed by atoms with Gasteiger partial charge in [0, 0.05) is 10.6 Å². The van der Waals surface area contributed by atoms with Crippen molar-refractivity contribution in [1.29, 1.82) is 0 Å². The Balaban J connectivity index is 2.13. The minimum Gasteiger partial charge on any atom is -0.386 e. The fourth-order valence-corrected chi connectivity index (χ4v) is 3.47. The number of urea groups is 1. The molecule has 0 aliphatic heterocycles. The summed E-state index contributed by atoms with van der Waals surface area (Å²) >= 11 is 1.23. The summed E-state index contributed by atoms with van der Waals surface area (Å²) in [7, 11) is 0. The van der Waals surface area contributed by atoms with E-state index in [1.54, 1.807) is 13.8 Å². The minimum absolute atomic E-state index is 0.260. The molecule has 0 saturated carbocycles. The first-order valence-electron chi connectivity index (χ1n) is 9.29. The normalized spacial score (nSPS) is 11.7. The summed E-state index contributed by atoms with van der Waals surface area (Å²) in [5.41, 5.74) is 3.05. The molecule has 2 aromatic carbocycles. The topological polar surface area (TPSA) is 61.4 Å². The van der Waals surface area contributed by atoms with E-state index in [0.29, 0.717) is 11.8 Å². The molecule has 2 amide bonds. The number of nitrogens with one attached hydrogen (secondary N) is 2. The molecule has 0 aliphatic rings. The summed E-state index contributed by atoms with van der Waals surface area (Å²) in [6.07, 6.45) is 0. The van der Waals surface area contributed by atoms with E-state index in [1.165, 1.54) is 11.9 Å². The van der Waals surface area contributed by atoms with Crippen molar-refractivity contribution >= 4 is 23.7 Å². The summed E-state index contributed by atoms with van der Waals surface area (Å²) in [5, 5.41) is 13.2. The van der Waals surface area contributed by atoms with Crippen LogP contribution in [0.4, 0.5) is 10.5 Å². The van der Waals surface area contributed by atoms with Crippen LogP contribution in [0.25, 0.3) is 0 Å². The molecular weight excluding hydrogens is 356 g/mol. The van der Waals surface area contributed by atoms with E-state index in [2.05, 4.69) is 49.9 Å². The van der Waals surface area contributed by atoms with E-state index in [1.807, 2.05) is 30.3 Å². The van der Waals surface area contributed by atoms with Crippen LogP contribution in [0.2, 0.25) is 0 Å². The van der Waals surface area contributed by atoms with Gasteiger partial charge in [-0.2, -0.15) is 0 Å². The van der Waals surface area contributed by atoms with Crippen molar-refractivity contribution < 1.29 is 9.90 Å². The van der Waals surface area contributed by atoms with Crippen LogP contribution in [0.5, 0.6) is 0 Å². The molecule has 0 unspecified atom stereocenters. The Hall–Kier alpha value is -1.98. The third kappa shape index (κ3) is 5.75.